The maximum atomic E-state index is 5.75. The highest BCUT2D eigenvalue weighted by molar-refractivity contribution is 6.29. The Bertz CT molecular complexity index is 540. The second kappa shape index (κ2) is 5.41. The Morgan fingerprint density at radius 1 is 1.18 bits per heavy atom. The maximum absolute atomic E-state index is 5.75. The van der Waals surface area contributed by atoms with Crippen molar-refractivity contribution in [2.45, 2.75) is 6.92 Å². The summed E-state index contributed by atoms with van der Waals surface area (Å²) in [7, 11) is 0. The van der Waals surface area contributed by atoms with Gasteiger partial charge in [0.25, 0.3) is 0 Å². The van der Waals surface area contributed by atoms with Gasteiger partial charge in [0.15, 0.2) is 0 Å². The summed E-state index contributed by atoms with van der Waals surface area (Å²) in [4.78, 5) is 8.33. The number of anilines is 1. The number of pyridine rings is 2. The first-order chi connectivity index (χ1) is 8.24. The molecule has 0 saturated carbocycles. The first-order valence-corrected chi connectivity index (χ1v) is 5.47. The van der Waals surface area contributed by atoms with E-state index in [0.29, 0.717) is 11.0 Å². The third kappa shape index (κ3) is 3.53. The minimum absolute atomic E-state index is 0.430. The zero-order valence-corrected chi connectivity index (χ0v) is 10.0. The van der Waals surface area contributed by atoms with Crippen LogP contribution < -0.4 is 5.43 Å². The fourth-order valence-corrected chi connectivity index (χ4v) is 1.43. The zero-order valence-electron chi connectivity index (χ0n) is 9.26. The molecule has 0 bridgehead atoms. The van der Waals surface area contributed by atoms with Gasteiger partial charge in [0.05, 0.1) is 11.9 Å². The Morgan fingerprint density at radius 2 is 2.00 bits per heavy atom. The van der Waals surface area contributed by atoms with Gasteiger partial charge in [0.1, 0.15) is 11.0 Å². The minimum atomic E-state index is 0.430. The largest absolute Gasteiger partial charge is 0.261 e. The van der Waals surface area contributed by atoms with Crippen molar-refractivity contribution < 1.29 is 0 Å². The van der Waals surface area contributed by atoms with Crippen molar-refractivity contribution in [1.82, 2.24) is 9.97 Å². The fraction of sp³-hybridized carbons (Fsp3) is 0.0833. The van der Waals surface area contributed by atoms with Crippen molar-refractivity contribution in [3.05, 3.63) is 52.9 Å². The van der Waals surface area contributed by atoms with E-state index in [4.69, 9.17) is 11.6 Å². The summed E-state index contributed by atoms with van der Waals surface area (Å²) in [6.45, 7) is 1.93. The average Bonchev–Trinajstić information content (AvgIpc) is 2.29. The van der Waals surface area contributed by atoms with Crippen molar-refractivity contribution in [2.24, 2.45) is 5.10 Å². The molecule has 2 rings (SSSR count). The number of halogens is 1. The van der Waals surface area contributed by atoms with E-state index in [-0.39, 0.29) is 0 Å². The van der Waals surface area contributed by atoms with E-state index in [1.54, 1.807) is 24.4 Å². The van der Waals surface area contributed by atoms with Crippen LogP contribution in [0.1, 0.15) is 11.4 Å². The van der Waals surface area contributed by atoms with Crippen molar-refractivity contribution in [3.63, 3.8) is 0 Å². The van der Waals surface area contributed by atoms with Gasteiger partial charge in [-0.2, -0.15) is 5.10 Å². The normalized spacial score (nSPS) is 10.7. The van der Waals surface area contributed by atoms with Crippen LogP contribution in [-0.4, -0.2) is 16.2 Å². The van der Waals surface area contributed by atoms with Crippen LogP contribution in [0.25, 0.3) is 0 Å². The lowest BCUT2D eigenvalue weighted by Crippen LogP contribution is -1.95. The monoisotopic (exact) mass is 246 g/mol. The Balaban J connectivity index is 2.03. The number of aromatic nitrogens is 2. The molecule has 0 fully saturated rings. The van der Waals surface area contributed by atoms with E-state index in [2.05, 4.69) is 20.5 Å². The Labute approximate surface area is 104 Å². The van der Waals surface area contributed by atoms with Crippen molar-refractivity contribution in [2.75, 3.05) is 5.43 Å². The molecule has 0 atom stereocenters. The predicted molar refractivity (Wildman–Crippen MR) is 69.4 cm³/mol. The van der Waals surface area contributed by atoms with E-state index >= 15 is 0 Å². The first kappa shape index (κ1) is 11.5. The molecule has 0 aliphatic rings. The summed E-state index contributed by atoms with van der Waals surface area (Å²) in [5, 5.41) is 4.46. The lowest BCUT2D eigenvalue weighted by Gasteiger charge is -1.99. The van der Waals surface area contributed by atoms with Crippen molar-refractivity contribution in [1.29, 1.82) is 0 Å². The summed E-state index contributed by atoms with van der Waals surface area (Å²) < 4.78 is 0. The standard InChI is InChI=1S/C12H11ClN4/c1-9-4-2-5-10(15-9)8-14-17-12-7-3-6-11(13)16-12/h2-8H,1H3,(H,16,17)/b14-8+. The van der Waals surface area contributed by atoms with Crippen molar-refractivity contribution in [3.8, 4) is 0 Å². The first-order valence-electron chi connectivity index (χ1n) is 5.09. The molecule has 5 heteroatoms. The number of hydrazone groups is 1. The van der Waals surface area contributed by atoms with Crippen LogP contribution in [0.15, 0.2) is 41.5 Å². The minimum Gasteiger partial charge on any atom is -0.261 e. The highest BCUT2D eigenvalue weighted by Crippen LogP contribution is 2.08. The van der Waals surface area contributed by atoms with Crippen LogP contribution in [0.3, 0.4) is 0 Å². The highest BCUT2D eigenvalue weighted by Gasteiger charge is 1.93. The molecule has 2 heterocycles. The number of hydrogen-bond acceptors (Lipinski definition) is 4. The summed E-state index contributed by atoms with van der Waals surface area (Å²) in [6, 6.07) is 11.0. The molecular formula is C12H11ClN4. The molecule has 0 aliphatic heterocycles. The molecule has 0 aliphatic carbocycles. The second-order valence-electron chi connectivity index (χ2n) is 3.42. The molecule has 17 heavy (non-hydrogen) atoms. The molecule has 0 saturated heterocycles. The maximum Gasteiger partial charge on any atom is 0.147 e. The van der Waals surface area contributed by atoms with E-state index in [1.165, 1.54) is 0 Å². The van der Waals surface area contributed by atoms with Gasteiger partial charge >= 0.3 is 0 Å². The van der Waals surface area contributed by atoms with Gasteiger partial charge in [-0.3, -0.25) is 10.4 Å². The van der Waals surface area contributed by atoms with E-state index < -0.39 is 0 Å². The van der Waals surface area contributed by atoms with Gasteiger partial charge in [-0.15, -0.1) is 0 Å². The van der Waals surface area contributed by atoms with E-state index in [0.717, 1.165) is 11.4 Å². The van der Waals surface area contributed by atoms with Crippen LogP contribution >= 0.6 is 11.6 Å². The summed E-state index contributed by atoms with van der Waals surface area (Å²) in [5.41, 5.74) is 4.53. The predicted octanol–water partition coefficient (Wildman–Crippen LogP) is 2.88. The molecule has 0 spiro atoms. The Hall–Kier alpha value is -1.94. The highest BCUT2D eigenvalue weighted by atomic mass is 35.5. The van der Waals surface area contributed by atoms with Gasteiger partial charge in [-0.05, 0) is 31.2 Å². The van der Waals surface area contributed by atoms with Gasteiger partial charge in [-0.1, -0.05) is 23.7 Å². The fourth-order valence-electron chi connectivity index (χ4n) is 1.27. The molecule has 0 amide bonds. The SMILES string of the molecule is Cc1cccc(/C=N/Nc2cccc(Cl)n2)n1. The van der Waals surface area contributed by atoms with Crippen LogP contribution in [-0.2, 0) is 0 Å². The van der Waals surface area contributed by atoms with Gasteiger partial charge in [0.2, 0.25) is 0 Å². The summed E-state index contributed by atoms with van der Waals surface area (Å²) in [6.07, 6.45) is 1.63. The molecule has 1 N–H and O–H groups in total. The molecule has 0 aromatic carbocycles. The number of hydrogen-bond donors (Lipinski definition) is 1. The molecule has 0 radical (unpaired) electrons. The smallest absolute Gasteiger partial charge is 0.147 e. The number of aryl methyl sites for hydroxylation is 1. The number of nitrogens with one attached hydrogen (secondary N) is 1. The molecule has 0 unspecified atom stereocenters. The van der Waals surface area contributed by atoms with Gasteiger partial charge in [0, 0.05) is 5.69 Å². The van der Waals surface area contributed by atoms with Gasteiger partial charge < -0.3 is 0 Å². The number of rotatable bonds is 3. The molecular weight excluding hydrogens is 236 g/mol. The van der Waals surface area contributed by atoms with Crippen LogP contribution in [0.5, 0.6) is 0 Å². The van der Waals surface area contributed by atoms with E-state index in [1.807, 2.05) is 25.1 Å². The van der Waals surface area contributed by atoms with Crippen molar-refractivity contribution >= 4 is 23.6 Å². The second-order valence-corrected chi connectivity index (χ2v) is 3.81. The Kier molecular flexibility index (Phi) is 3.67. The third-order valence-electron chi connectivity index (χ3n) is 2.00. The topological polar surface area (TPSA) is 50.2 Å². The lowest BCUT2D eigenvalue weighted by atomic mass is 10.3. The molecule has 86 valence electrons. The molecule has 2 aromatic rings. The summed E-state index contributed by atoms with van der Waals surface area (Å²) >= 11 is 5.75. The quantitative estimate of drug-likeness (QED) is 0.515. The summed E-state index contributed by atoms with van der Waals surface area (Å²) in [5.74, 6) is 0.599. The zero-order chi connectivity index (χ0) is 12.1. The Morgan fingerprint density at radius 3 is 2.76 bits per heavy atom. The van der Waals surface area contributed by atoms with Crippen LogP contribution in [0.2, 0.25) is 5.15 Å². The third-order valence-corrected chi connectivity index (χ3v) is 2.21. The molecule has 2 aromatic heterocycles. The lowest BCUT2D eigenvalue weighted by molar-refractivity contribution is 1.17. The average molecular weight is 247 g/mol. The van der Waals surface area contributed by atoms with E-state index in [9.17, 15) is 0 Å². The molecule has 4 nitrogen and oxygen atoms in total. The van der Waals surface area contributed by atoms with Crippen LogP contribution in [0.4, 0.5) is 5.82 Å². The number of nitrogens with zero attached hydrogens (tertiary/aromatic N) is 3. The van der Waals surface area contributed by atoms with Crippen LogP contribution in [0, 0.1) is 6.92 Å². The van der Waals surface area contributed by atoms with Gasteiger partial charge in [-0.25, -0.2) is 4.98 Å².